The Kier molecular flexibility index (Phi) is 4.92. The molecular weight excluding hydrogens is 308 g/mol. The summed E-state index contributed by atoms with van der Waals surface area (Å²) in [4.78, 5) is 11.4. The van der Waals surface area contributed by atoms with Crippen molar-refractivity contribution in [1.29, 1.82) is 0 Å². The molecule has 2 rings (SSSR count). The minimum absolute atomic E-state index is 0.0522. The number of nitrogens with two attached hydrogens (primary N) is 1. The van der Waals surface area contributed by atoms with E-state index in [-0.39, 0.29) is 34.8 Å². The van der Waals surface area contributed by atoms with Gasteiger partial charge in [0.15, 0.2) is 0 Å². The van der Waals surface area contributed by atoms with Crippen LogP contribution >= 0.6 is 0 Å². The lowest BCUT2D eigenvalue weighted by Crippen LogP contribution is -2.30. The SMILES string of the molecule is CCOC(CS(=O)(=O)Nc1ccc(O)cc1C(N)=O)C1CC1. The van der Waals surface area contributed by atoms with Gasteiger partial charge in [-0.05, 0) is 43.9 Å². The molecule has 122 valence electrons. The monoisotopic (exact) mass is 328 g/mol. The zero-order valence-corrected chi connectivity index (χ0v) is 13.1. The van der Waals surface area contributed by atoms with Crippen molar-refractivity contribution < 1.29 is 23.1 Å². The summed E-state index contributed by atoms with van der Waals surface area (Å²) in [6.45, 7) is 2.27. The second kappa shape index (κ2) is 6.53. The Bertz CT molecular complexity index is 655. The van der Waals surface area contributed by atoms with Crippen molar-refractivity contribution in [3.8, 4) is 5.75 Å². The second-order valence-corrected chi connectivity index (χ2v) is 7.08. The number of ether oxygens (including phenoxy) is 1. The fourth-order valence-electron chi connectivity index (χ4n) is 2.25. The van der Waals surface area contributed by atoms with E-state index in [9.17, 15) is 18.3 Å². The molecule has 0 bridgehead atoms. The molecule has 1 atom stereocenters. The molecular formula is C14H20N2O5S. The zero-order chi connectivity index (χ0) is 16.3. The Balaban J connectivity index is 2.16. The molecule has 7 nitrogen and oxygen atoms in total. The summed E-state index contributed by atoms with van der Waals surface area (Å²) in [5.41, 5.74) is 5.17. The van der Waals surface area contributed by atoms with Gasteiger partial charge in [0.25, 0.3) is 5.91 Å². The minimum atomic E-state index is -3.69. The van der Waals surface area contributed by atoms with E-state index < -0.39 is 15.9 Å². The van der Waals surface area contributed by atoms with Crippen LogP contribution in [0, 0.1) is 5.92 Å². The summed E-state index contributed by atoms with van der Waals surface area (Å²) < 4.78 is 32.4. The quantitative estimate of drug-likeness (QED) is 0.616. The molecule has 1 fully saturated rings. The summed E-state index contributed by atoms with van der Waals surface area (Å²) in [5, 5.41) is 9.38. The van der Waals surface area contributed by atoms with Crippen molar-refractivity contribution >= 4 is 21.6 Å². The van der Waals surface area contributed by atoms with Crippen LogP contribution in [0.4, 0.5) is 5.69 Å². The lowest BCUT2D eigenvalue weighted by Gasteiger charge is -2.18. The highest BCUT2D eigenvalue weighted by Crippen LogP contribution is 2.35. The van der Waals surface area contributed by atoms with Gasteiger partial charge in [0.1, 0.15) is 5.75 Å². The van der Waals surface area contributed by atoms with E-state index in [1.807, 2.05) is 6.92 Å². The van der Waals surface area contributed by atoms with Crippen LogP contribution in [0.25, 0.3) is 0 Å². The molecule has 1 saturated carbocycles. The molecule has 1 aliphatic rings. The number of hydrogen-bond acceptors (Lipinski definition) is 5. The number of anilines is 1. The number of amides is 1. The number of carbonyl (C=O) groups excluding carboxylic acids is 1. The van der Waals surface area contributed by atoms with Crippen LogP contribution < -0.4 is 10.5 Å². The summed E-state index contributed by atoms with van der Waals surface area (Å²) >= 11 is 0. The van der Waals surface area contributed by atoms with E-state index >= 15 is 0 Å². The molecule has 0 spiro atoms. The fourth-order valence-corrected chi connectivity index (χ4v) is 3.65. The van der Waals surface area contributed by atoms with Crippen LogP contribution in [0.2, 0.25) is 0 Å². The van der Waals surface area contributed by atoms with E-state index in [2.05, 4.69) is 4.72 Å². The van der Waals surface area contributed by atoms with Crippen LogP contribution in [0.3, 0.4) is 0 Å². The van der Waals surface area contributed by atoms with Crippen molar-refractivity contribution in [3.05, 3.63) is 23.8 Å². The lowest BCUT2D eigenvalue weighted by atomic mass is 10.1. The minimum Gasteiger partial charge on any atom is -0.508 e. The van der Waals surface area contributed by atoms with Gasteiger partial charge in [0.05, 0.1) is 23.1 Å². The van der Waals surface area contributed by atoms with Crippen LogP contribution in [0.15, 0.2) is 18.2 Å². The van der Waals surface area contributed by atoms with Gasteiger partial charge in [0.2, 0.25) is 10.0 Å². The van der Waals surface area contributed by atoms with Gasteiger partial charge in [-0.1, -0.05) is 0 Å². The standard InChI is InChI=1S/C14H20N2O5S/c1-2-21-13(9-3-4-9)8-22(19,20)16-12-6-5-10(17)7-11(12)14(15)18/h5-7,9,13,16-17H,2-4,8H2,1H3,(H2,15,18). The average Bonchev–Trinajstić information content (AvgIpc) is 3.24. The topological polar surface area (TPSA) is 119 Å². The van der Waals surface area contributed by atoms with Crippen molar-refractivity contribution in [2.75, 3.05) is 17.1 Å². The highest BCUT2D eigenvalue weighted by molar-refractivity contribution is 7.92. The van der Waals surface area contributed by atoms with Crippen LogP contribution in [-0.2, 0) is 14.8 Å². The highest BCUT2D eigenvalue weighted by atomic mass is 32.2. The summed E-state index contributed by atoms with van der Waals surface area (Å²) in [7, 11) is -3.69. The maximum absolute atomic E-state index is 12.3. The van der Waals surface area contributed by atoms with E-state index in [0.29, 0.717) is 6.61 Å². The molecule has 1 aromatic carbocycles. The van der Waals surface area contributed by atoms with Gasteiger partial charge >= 0.3 is 0 Å². The maximum Gasteiger partial charge on any atom is 0.250 e. The molecule has 22 heavy (non-hydrogen) atoms. The number of primary amides is 1. The normalized spacial score (nSPS) is 16.2. The van der Waals surface area contributed by atoms with Crippen LogP contribution in [0.5, 0.6) is 5.75 Å². The number of benzene rings is 1. The molecule has 1 aromatic rings. The summed E-state index contributed by atoms with van der Waals surface area (Å²) in [6, 6.07) is 3.71. The van der Waals surface area contributed by atoms with Gasteiger partial charge in [-0.15, -0.1) is 0 Å². The van der Waals surface area contributed by atoms with E-state index in [1.165, 1.54) is 12.1 Å². The van der Waals surface area contributed by atoms with Gasteiger partial charge in [0, 0.05) is 6.61 Å². The number of aromatic hydroxyl groups is 1. The van der Waals surface area contributed by atoms with Gasteiger partial charge in [-0.25, -0.2) is 8.42 Å². The Hall–Kier alpha value is -1.80. The molecule has 0 saturated heterocycles. The predicted molar refractivity (Wildman–Crippen MR) is 82.2 cm³/mol. The molecule has 1 aliphatic carbocycles. The number of carbonyl (C=O) groups is 1. The number of phenolic OH excluding ortho intramolecular Hbond substituents is 1. The molecule has 0 heterocycles. The number of hydrogen-bond donors (Lipinski definition) is 3. The maximum atomic E-state index is 12.3. The van der Waals surface area contributed by atoms with Crippen molar-refractivity contribution in [2.45, 2.75) is 25.9 Å². The van der Waals surface area contributed by atoms with Crippen LogP contribution in [-0.4, -0.2) is 37.9 Å². The number of nitrogens with one attached hydrogen (secondary N) is 1. The molecule has 0 radical (unpaired) electrons. The largest absolute Gasteiger partial charge is 0.508 e. The fraction of sp³-hybridized carbons (Fsp3) is 0.500. The molecule has 0 aliphatic heterocycles. The first kappa shape index (κ1) is 16.6. The summed E-state index contributed by atoms with van der Waals surface area (Å²) in [6.07, 6.45) is 1.58. The van der Waals surface area contributed by atoms with Crippen molar-refractivity contribution in [2.24, 2.45) is 11.7 Å². The van der Waals surface area contributed by atoms with Gasteiger partial charge in [-0.3, -0.25) is 9.52 Å². The summed E-state index contributed by atoms with van der Waals surface area (Å²) in [5.74, 6) is -0.893. The Labute approximate surface area is 129 Å². The smallest absolute Gasteiger partial charge is 0.250 e. The molecule has 1 amide bonds. The number of rotatable bonds is 8. The van der Waals surface area contributed by atoms with E-state index in [4.69, 9.17) is 10.5 Å². The number of sulfonamides is 1. The first-order chi connectivity index (χ1) is 10.3. The average molecular weight is 328 g/mol. The molecule has 0 aromatic heterocycles. The third-order valence-corrected chi connectivity index (χ3v) is 4.74. The molecule has 4 N–H and O–H groups in total. The first-order valence-corrected chi connectivity index (χ1v) is 8.72. The van der Waals surface area contributed by atoms with Gasteiger partial charge < -0.3 is 15.6 Å². The number of phenols is 1. The molecule has 1 unspecified atom stereocenters. The van der Waals surface area contributed by atoms with E-state index in [1.54, 1.807) is 0 Å². The Morgan fingerprint density at radius 1 is 1.50 bits per heavy atom. The predicted octanol–water partition coefficient (Wildman–Crippen LogP) is 1.05. The lowest BCUT2D eigenvalue weighted by molar-refractivity contribution is 0.0632. The van der Waals surface area contributed by atoms with Crippen molar-refractivity contribution in [1.82, 2.24) is 0 Å². The highest BCUT2D eigenvalue weighted by Gasteiger charge is 2.35. The van der Waals surface area contributed by atoms with Crippen LogP contribution in [0.1, 0.15) is 30.1 Å². The Morgan fingerprint density at radius 3 is 2.73 bits per heavy atom. The zero-order valence-electron chi connectivity index (χ0n) is 12.3. The second-order valence-electron chi connectivity index (χ2n) is 5.31. The van der Waals surface area contributed by atoms with Crippen molar-refractivity contribution in [3.63, 3.8) is 0 Å². The first-order valence-electron chi connectivity index (χ1n) is 7.07. The third kappa shape index (κ3) is 4.35. The van der Waals surface area contributed by atoms with Gasteiger partial charge in [-0.2, -0.15) is 0 Å². The van der Waals surface area contributed by atoms with E-state index in [0.717, 1.165) is 18.9 Å². The third-order valence-electron chi connectivity index (χ3n) is 3.45. The molecule has 8 heteroatoms. The Morgan fingerprint density at radius 2 is 2.18 bits per heavy atom.